The van der Waals surface area contributed by atoms with Gasteiger partial charge >= 0.3 is 0 Å². The van der Waals surface area contributed by atoms with Crippen molar-refractivity contribution in [2.45, 2.75) is 33.1 Å². The first-order valence-corrected chi connectivity index (χ1v) is 12.8. The summed E-state index contributed by atoms with van der Waals surface area (Å²) in [5.41, 5.74) is 4.47. The number of aromatic nitrogens is 2. The van der Waals surface area contributed by atoms with Gasteiger partial charge in [0.25, 0.3) is 5.91 Å². The monoisotopic (exact) mass is 522 g/mol. The van der Waals surface area contributed by atoms with E-state index in [0.717, 1.165) is 40.8 Å². The molecule has 1 fully saturated rings. The van der Waals surface area contributed by atoms with E-state index in [1.54, 1.807) is 13.2 Å². The number of thioether (sulfide) groups is 1. The molecule has 36 heavy (non-hydrogen) atoms. The molecule has 3 aromatic rings. The number of ether oxygens (including phenoxy) is 1. The number of methoxy groups -OCH3 is 1. The molecule has 0 saturated carbocycles. The normalized spacial score (nSPS) is 14.5. The van der Waals surface area contributed by atoms with E-state index in [4.69, 9.17) is 21.6 Å². The van der Waals surface area contributed by atoms with Gasteiger partial charge in [-0.05, 0) is 64.1 Å². The molecule has 0 aliphatic carbocycles. The highest BCUT2D eigenvalue weighted by atomic mass is 32.2. The fourth-order valence-corrected chi connectivity index (χ4v) is 5.08. The highest BCUT2D eigenvalue weighted by Crippen LogP contribution is 2.33. The highest BCUT2D eigenvalue weighted by molar-refractivity contribution is 8.26. The lowest BCUT2D eigenvalue weighted by molar-refractivity contribution is -0.122. The van der Waals surface area contributed by atoms with Gasteiger partial charge in [-0.15, -0.1) is 0 Å². The molecule has 0 radical (unpaired) electrons. The Balaban J connectivity index is 1.41. The van der Waals surface area contributed by atoms with E-state index in [1.807, 2.05) is 30.3 Å². The third kappa shape index (κ3) is 5.66. The first-order chi connectivity index (χ1) is 17.4. The third-order valence-electron chi connectivity index (χ3n) is 5.81. The fraction of sp³-hybridized carbons (Fsp3) is 0.269. The Hall–Kier alpha value is -3.50. The summed E-state index contributed by atoms with van der Waals surface area (Å²) in [6.45, 7) is 4.29. The second kappa shape index (κ2) is 11.5. The second-order valence-electron chi connectivity index (χ2n) is 8.06. The Morgan fingerprint density at radius 3 is 2.64 bits per heavy atom. The molecule has 0 unspecified atom stereocenters. The zero-order valence-corrected chi connectivity index (χ0v) is 21.9. The molecular formula is C26H26N4O4S2. The lowest BCUT2D eigenvalue weighted by Gasteiger charge is -2.14. The van der Waals surface area contributed by atoms with Crippen LogP contribution in [-0.4, -0.2) is 45.0 Å². The van der Waals surface area contributed by atoms with E-state index < -0.39 is 0 Å². The first-order valence-electron chi connectivity index (χ1n) is 11.6. The van der Waals surface area contributed by atoms with Crippen LogP contribution in [0.15, 0.2) is 52.0 Å². The van der Waals surface area contributed by atoms with Crippen molar-refractivity contribution in [3.05, 3.63) is 64.1 Å². The Morgan fingerprint density at radius 2 is 1.94 bits per heavy atom. The van der Waals surface area contributed by atoms with Crippen molar-refractivity contribution >= 4 is 52.0 Å². The fourth-order valence-electron chi connectivity index (χ4n) is 3.77. The minimum absolute atomic E-state index is 0.0458. The molecule has 8 nitrogen and oxygen atoms in total. The molecule has 1 saturated heterocycles. The average Bonchev–Trinajstić information content (AvgIpc) is 3.46. The van der Waals surface area contributed by atoms with E-state index >= 15 is 0 Å². The zero-order valence-electron chi connectivity index (χ0n) is 20.2. The van der Waals surface area contributed by atoms with Crippen LogP contribution in [0.25, 0.3) is 17.3 Å². The zero-order chi connectivity index (χ0) is 25.7. The Bertz CT molecular complexity index is 1320. The number of carbonyl (C=O) groups excluding carboxylic acids is 2. The van der Waals surface area contributed by atoms with Gasteiger partial charge in [0.2, 0.25) is 11.7 Å². The minimum atomic E-state index is -0.315. The molecule has 1 aromatic heterocycles. The Kier molecular flexibility index (Phi) is 8.17. The number of nitrogens with one attached hydrogen (secondary N) is 1. The largest absolute Gasteiger partial charge is 0.497 e. The number of rotatable bonds is 9. The maximum Gasteiger partial charge on any atom is 0.266 e. The van der Waals surface area contributed by atoms with E-state index in [2.05, 4.69) is 41.6 Å². The lowest BCUT2D eigenvalue weighted by atomic mass is 9.98. The summed E-state index contributed by atoms with van der Waals surface area (Å²) >= 11 is 6.61. The number of aryl methyl sites for hydroxylation is 2. The van der Waals surface area contributed by atoms with Crippen molar-refractivity contribution in [3.63, 3.8) is 0 Å². The molecule has 1 N–H and O–H groups in total. The molecule has 2 aromatic carbocycles. The number of hydrogen-bond donors (Lipinski definition) is 1. The standard InChI is InChI=1S/C26H26N4O4S2/c1-4-16-6-9-18(5-2)20(14-16)23-24(29-34-28-23)27-22(31)12-13-30-25(32)21(36-26(30)35)15-17-7-10-19(33-3)11-8-17/h6-11,14-15H,4-5,12-13H2,1-3H3,(H,27,29,31)/b21-15-. The predicted octanol–water partition coefficient (Wildman–Crippen LogP) is 5.10. The molecule has 2 amide bonds. The summed E-state index contributed by atoms with van der Waals surface area (Å²) in [5.74, 6) is 0.458. The van der Waals surface area contributed by atoms with Crippen molar-refractivity contribution in [1.29, 1.82) is 0 Å². The maximum atomic E-state index is 12.9. The summed E-state index contributed by atoms with van der Waals surface area (Å²) in [5, 5.41) is 10.7. The van der Waals surface area contributed by atoms with Crippen LogP contribution in [0.2, 0.25) is 0 Å². The van der Waals surface area contributed by atoms with Crippen LogP contribution in [0.1, 0.15) is 37.0 Å². The number of anilines is 1. The van der Waals surface area contributed by atoms with Crippen molar-refractivity contribution in [1.82, 2.24) is 15.2 Å². The number of carbonyl (C=O) groups is 2. The quantitative estimate of drug-likeness (QED) is 0.306. The van der Waals surface area contributed by atoms with Crippen LogP contribution in [0.3, 0.4) is 0 Å². The van der Waals surface area contributed by atoms with Crippen LogP contribution >= 0.6 is 24.0 Å². The molecule has 0 spiro atoms. The number of hydrogen-bond acceptors (Lipinski definition) is 8. The van der Waals surface area contributed by atoms with Crippen molar-refractivity contribution < 1.29 is 19.0 Å². The van der Waals surface area contributed by atoms with E-state index in [-0.39, 0.29) is 30.6 Å². The topological polar surface area (TPSA) is 97.6 Å². The van der Waals surface area contributed by atoms with Crippen LogP contribution in [0.5, 0.6) is 5.75 Å². The van der Waals surface area contributed by atoms with Gasteiger partial charge in [0.05, 0.1) is 12.0 Å². The number of benzene rings is 2. The van der Waals surface area contributed by atoms with Crippen LogP contribution < -0.4 is 10.1 Å². The molecule has 0 bridgehead atoms. The minimum Gasteiger partial charge on any atom is -0.497 e. The van der Waals surface area contributed by atoms with Gasteiger partial charge in [0, 0.05) is 18.5 Å². The summed E-state index contributed by atoms with van der Waals surface area (Å²) < 4.78 is 10.5. The van der Waals surface area contributed by atoms with E-state index in [1.165, 1.54) is 16.7 Å². The Morgan fingerprint density at radius 1 is 1.17 bits per heavy atom. The summed E-state index contributed by atoms with van der Waals surface area (Å²) in [6.07, 6.45) is 3.50. The van der Waals surface area contributed by atoms with Gasteiger partial charge < -0.3 is 10.1 Å². The molecule has 10 heteroatoms. The molecule has 1 aliphatic rings. The second-order valence-corrected chi connectivity index (χ2v) is 9.74. The predicted molar refractivity (Wildman–Crippen MR) is 145 cm³/mol. The highest BCUT2D eigenvalue weighted by Gasteiger charge is 2.32. The average molecular weight is 523 g/mol. The number of thiocarbonyl (C=S) groups is 1. The van der Waals surface area contributed by atoms with Gasteiger partial charge in [-0.1, -0.05) is 62.1 Å². The molecule has 4 rings (SSSR count). The number of amides is 2. The molecule has 1 aliphatic heterocycles. The van der Waals surface area contributed by atoms with E-state index in [0.29, 0.717) is 14.9 Å². The summed E-state index contributed by atoms with van der Waals surface area (Å²) in [7, 11) is 1.60. The first kappa shape index (κ1) is 25.6. The van der Waals surface area contributed by atoms with Crippen LogP contribution in [0.4, 0.5) is 5.82 Å². The molecular weight excluding hydrogens is 496 g/mol. The van der Waals surface area contributed by atoms with Gasteiger partial charge in [0.1, 0.15) is 10.1 Å². The van der Waals surface area contributed by atoms with Crippen LogP contribution in [0, 0.1) is 0 Å². The summed E-state index contributed by atoms with van der Waals surface area (Å²) in [4.78, 5) is 27.6. The van der Waals surface area contributed by atoms with Crippen molar-refractivity contribution in [2.75, 3.05) is 19.0 Å². The van der Waals surface area contributed by atoms with Crippen LogP contribution in [-0.2, 0) is 22.4 Å². The van der Waals surface area contributed by atoms with Gasteiger partial charge in [-0.2, -0.15) is 0 Å². The van der Waals surface area contributed by atoms with E-state index in [9.17, 15) is 9.59 Å². The number of nitrogens with zero attached hydrogens (tertiary/aromatic N) is 3. The lowest BCUT2D eigenvalue weighted by Crippen LogP contribution is -2.31. The third-order valence-corrected chi connectivity index (χ3v) is 7.19. The van der Waals surface area contributed by atoms with Crippen molar-refractivity contribution in [3.8, 4) is 17.0 Å². The van der Waals surface area contributed by atoms with Crippen molar-refractivity contribution in [2.24, 2.45) is 0 Å². The molecule has 0 atom stereocenters. The van der Waals surface area contributed by atoms with Gasteiger partial charge in [-0.25, -0.2) is 4.63 Å². The maximum absolute atomic E-state index is 12.9. The Labute approximate surface area is 219 Å². The molecule has 186 valence electrons. The smallest absolute Gasteiger partial charge is 0.266 e. The SMILES string of the molecule is CCc1ccc(CC)c(-c2nonc2NC(=O)CCN2C(=O)/C(=C/c3ccc(OC)cc3)SC2=S)c1. The molecule has 2 heterocycles. The van der Waals surface area contributed by atoms with Gasteiger partial charge in [-0.3, -0.25) is 14.5 Å². The van der Waals surface area contributed by atoms with Gasteiger partial charge in [0.15, 0.2) is 5.69 Å². The summed E-state index contributed by atoms with van der Waals surface area (Å²) in [6, 6.07) is 13.6.